The summed E-state index contributed by atoms with van der Waals surface area (Å²) in [5.74, 6) is -0.0690. The molecular formula is C15H18N2O2. The number of allylic oxidation sites excluding steroid dienone is 5. The Morgan fingerprint density at radius 3 is 3.11 bits per heavy atom. The van der Waals surface area contributed by atoms with Gasteiger partial charge >= 0.3 is 0 Å². The normalized spacial score (nSPS) is 23.3. The van der Waals surface area contributed by atoms with Crippen molar-refractivity contribution in [2.75, 3.05) is 13.7 Å². The second-order valence-corrected chi connectivity index (χ2v) is 4.57. The molecule has 0 heterocycles. The Labute approximate surface area is 112 Å². The molecule has 2 N–H and O–H groups in total. The van der Waals surface area contributed by atoms with E-state index in [1.165, 1.54) is 6.21 Å². The van der Waals surface area contributed by atoms with Gasteiger partial charge in [0.1, 0.15) is 0 Å². The molecule has 0 aromatic carbocycles. The molecule has 0 radical (unpaired) electrons. The van der Waals surface area contributed by atoms with E-state index in [1.54, 1.807) is 13.1 Å². The molecule has 100 valence electrons. The van der Waals surface area contributed by atoms with Gasteiger partial charge in [-0.3, -0.25) is 9.79 Å². The van der Waals surface area contributed by atoms with Gasteiger partial charge < -0.3 is 10.4 Å². The second kappa shape index (κ2) is 5.91. The summed E-state index contributed by atoms with van der Waals surface area (Å²) in [7, 11) is 1.78. The average molecular weight is 258 g/mol. The predicted molar refractivity (Wildman–Crippen MR) is 76.1 cm³/mol. The maximum atomic E-state index is 12.4. The molecule has 0 amide bonds. The first-order valence-corrected chi connectivity index (χ1v) is 6.32. The Hall–Kier alpha value is -1.78. The zero-order valence-corrected chi connectivity index (χ0v) is 11.2. The number of carbonyl (C=O) groups excluding carboxylic acids is 1. The highest BCUT2D eigenvalue weighted by Crippen LogP contribution is 2.29. The molecule has 1 atom stereocenters. The van der Waals surface area contributed by atoms with Crippen molar-refractivity contribution in [1.82, 2.24) is 5.32 Å². The summed E-state index contributed by atoms with van der Waals surface area (Å²) < 4.78 is 0. The van der Waals surface area contributed by atoms with E-state index < -0.39 is 6.10 Å². The number of carbonyl (C=O) groups is 1. The summed E-state index contributed by atoms with van der Waals surface area (Å²) in [5, 5.41) is 13.0. The van der Waals surface area contributed by atoms with Crippen LogP contribution in [0.1, 0.15) is 13.3 Å². The number of hydrogen-bond donors (Lipinski definition) is 2. The molecule has 1 unspecified atom stereocenters. The number of nitrogens with zero attached hydrogens (tertiary/aromatic N) is 1. The van der Waals surface area contributed by atoms with Crippen molar-refractivity contribution in [2.45, 2.75) is 19.4 Å². The van der Waals surface area contributed by atoms with E-state index in [1.807, 2.05) is 25.2 Å². The standard InChI is InChI=1S/C15H18N2O2/c1-10-5-3-4-6-12-13(18)7-11(8-17-9-16-2)15(19)14(10)12/h4-8,13,16,18H,3,9H2,1-2H3/b17-8-. The number of nitrogens with one attached hydrogen (secondary N) is 1. The molecule has 0 fully saturated rings. The smallest absolute Gasteiger partial charge is 0.194 e. The molecule has 0 aromatic rings. The number of hydrogen-bond acceptors (Lipinski definition) is 4. The Bertz CT molecular complexity index is 536. The SMILES string of the molecule is CNC/N=C\C1=CC(O)C2=C(C1=O)C(C)=CCC=C2. The molecular weight excluding hydrogens is 240 g/mol. The Balaban J connectivity index is 2.36. The molecule has 19 heavy (non-hydrogen) atoms. The third-order valence-electron chi connectivity index (χ3n) is 3.17. The minimum absolute atomic E-state index is 0.0690. The van der Waals surface area contributed by atoms with Crippen molar-refractivity contribution >= 4 is 12.0 Å². The first-order chi connectivity index (χ1) is 9.15. The van der Waals surface area contributed by atoms with Crippen molar-refractivity contribution in [1.29, 1.82) is 0 Å². The molecule has 2 rings (SSSR count). The molecule has 0 bridgehead atoms. The molecule has 2 aliphatic rings. The zero-order chi connectivity index (χ0) is 13.8. The molecule has 0 saturated heterocycles. The Kier molecular flexibility index (Phi) is 4.24. The van der Waals surface area contributed by atoms with E-state index in [0.29, 0.717) is 23.4 Å². The summed E-state index contributed by atoms with van der Waals surface area (Å²) in [6, 6.07) is 0. The fourth-order valence-corrected chi connectivity index (χ4v) is 2.23. The summed E-state index contributed by atoms with van der Waals surface area (Å²) in [6.45, 7) is 2.35. The van der Waals surface area contributed by atoms with Crippen LogP contribution in [0, 0.1) is 0 Å². The van der Waals surface area contributed by atoms with Crippen LogP contribution < -0.4 is 5.32 Å². The van der Waals surface area contributed by atoms with Gasteiger partial charge in [-0.2, -0.15) is 0 Å². The van der Waals surface area contributed by atoms with Crippen molar-refractivity contribution in [2.24, 2.45) is 4.99 Å². The van der Waals surface area contributed by atoms with Gasteiger partial charge in [0, 0.05) is 17.4 Å². The van der Waals surface area contributed by atoms with Gasteiger partial charge in [0.05, 0.1) is 12.8 Å². The zero-order valence-electron chi connectivity index (χ0n) is 11.2. The van der Waals surface area contributed by atoms with Crippen LogP contribution in [0.5, 0.6) is 0 Å². The largest absolute Gasteiger partial charge is 0.384 e. The quantitative estimate of drug-likeness (QED) is 0.750. The molecule has 0 aliphatic heterocycles. The lowest BCUT2D eigenvalue weighted by Gasteiger charge is -2.20. The van der Waals surface area contributed by atoms with Crippen LogP contribution in [0.4, 0.5) is 0 Å². The number of Topliss-reactive ketones (excluding diaryl/α,β-unsaturated/α-hetero) is 1. The van der Waals surface area contributed by atoms with Crippen LogP contribution in [0.3, 0.4) is 0 Å². The van der Waals surface area contributed by atoms with Crippen LogP contribution in [-0.2, 0) is 4.79 Å². The molecule has 0 saturated carbocycles. The average Bonchev–Trinajstić information content (AvgIpc) is 2.58. The third-order valence-corrected chi connectivity index (χ3v) is 3.17. The number of ketones is 1. The maximum absolute atomic E-state index is 12.4. The highest BCUT2D eigenvalue weighted by atomic mass is 16.3. The van der Waals surface area contributed by atoms with Gasteiger partial charge in [-0.1, -0.05) is 18.2 Å². The summed E-state index contributed by atoms with van der Waals surface area (Å²) in [6.07, 6.45) is 8.90. The van der Waals surface area contributed by atoms with E-state index in [4.69, 9.17) is 0 Å². The van der Waals surface area contributed by atoms with Crippen LogP contribution in [0.25, 0.3) is 0 Å². The predicted octanol–water partition coefficient (Wildman–Crippen LogP) is 1.31. The van der Waals surface area contributed by atoms with Crippen molar-refractivity contribution < 1.29 is 9.90 Å². The van der Waals surface area contributed by atoms with Gasteiger partial charge in [0.2, 0.25) is 0 Å². The molecule has 0 spiro atoms. The maximum Gasteiger partial charge on any atom is 0.194 e. The lowest BCUT2D eigenvalue weighted by Crippen LogP contribution is -2.23. The van der Waals surface area contributed by atoms with Gasteiger partial charge in [-0.15, -0.1) is 0 Å². The van der Waals surface area contributed by atoms with Gasteiger partial charge in [0.25, 0.3) is 0 Å². The number of aliphatic hydroxyl groups excluding tert-OH is 1. The summed E-state index contributed by atoms with van der Waals surface area (Å²) >= 11 is 0. The molecule has 2 aliphatic carbocycles. The third kappa shape index (κ3) is 2.80. The van der Waals surface area contributed by atoms with Gasteiger partial charge in [0.15, 0.2) is 5.78 Å². The van der Waals surface area contributed by atoms with Crippen LogP contribution >= 0.6 is 0 Å². The Morgan fingerprint density at radius 2 is 2.37 bits per heavy atom. The second-order valence-electron chi connectivity index (χ2n) is 4.57. The Morgan fingerprint density at radius 1 is 1.58 bits per heavy atom. The van der Waals surface area contributed by atoms with E-state index in [2.05, 4.69) is 10.3 Å². The number of rotatable bonds is 3. The van der Waals surface area contributed by atoms with E-state index in [-0.39, 0.29) is 5.78 Å². The molecule has 0 aromatic heterocycles. The van der Waals surface area contributed by atoms with Crippen LogP contribution in [0.15, 0.2) is 51.6 Å². The summed E-state index contributed by atoms with van der Waals surface area (Å²) in [4.78, 5) is 16.5. The van der Waals surface area contributed by atoms with E-state index >= 15 is 0 Å². The summed E-state index contributed by atoms with van der Waals surface area (Å²) in [5.41, 5.74) is 2.65. The van der Waals surface area contributed by atoms with Crippen LogP contribution in [-0.4, -0.2) is 36.9 Å². The molecule has 4 heteroatoms. The monoisotopic (exact) mass is 258 g/mol. The number of aliphatic hydroxyl groups is 1. The van der Waals surface area contributed by atoms with Crippen molar-refractivity contribution in [3.05, 3.63) is 46.6 Å². The van der Waals surface area contributed by atoms with Gasteiger partial charge in [-0.25, -0.2) is 0 Å². The topological polar surface area (TPSA) is 61.7 Å². The fourth-order valence-electron chi connectivity index (χ4n) is 2.23. The van der Waals surface area contributed by atoms with Crippen LogP contribution in [0.2, 0.25) is 0 Å². The highest BCUT2D eigenvalue weighted by Gasteiger charge is 2.27. The number of aliphatic imine (C=N–C) groups is 1. The lowest BCUT2D eigenvalue weighted by molar-refractivity contribution is -0.111. The fraction of sp³-hybridized carbons (Fsp3) is 0.333. The van der Waals surface area contributed by atoms with E-state index in [0.717, 1.165) is 12.0 Å². The lowest BCUT2D eigenvalue weighted by atomic mass is 9.85. The van der Waals surface area contributed by atoms with E-state index in [9.17, 15) is 9.90 Å². The van der Waals surface area contributed by atoms with Crippen molar-refractivity contribution in [3.63, 3.8) is 0 Å². The first kappa shape index (κ1) is 13.6. The van der Waals surface area contributed by atoms with Gasteiger partial charge in [-0.05, 0) is 37.6 Å². The van der Waals surface area contributed by atoms with Crippen molar-refractivity contribution in [3.8, 4) is 0 Å². The minimum Gasteiger partial charge on any atom is -0.384 e. The first-order valence-electron chi connectivity index (χ1n) is 6.32. The minimum atomic E-state index is -0.749. The molecule has 4 nitrogen and oxygen atoms in total. The highest BCUT2D eigenvalue weighted by molar-refractivity contribution is 6.24.